The third kappa shape index (κ3) is 2.25. The van der Waals surface area contributed by atoms with Crippen molar-refractivity contribution in [2.75, 3.05) is 5.32 Å². The first-order chi connectivity index (χ1) is 8.83. The van der Waals surface area contributed by atoms with Crippen molar-refractivity contribution in [3.05, 3.63) is 40.9 Å². The van der Waals surface area contributed by atoms with Crippen molar-refractivity contribution in [3.8, 4) is 0 Å². The molecule has 0 radical (unpaired) electrons. The van der Waals surface area contributed by atoms with Gasteiger partial charge in [0, 0.05) is 6.54 Å². The van der Waals surface area contributed by atoms with E-state index in [0.29, 0.717) is 11.6 Å². The number of fused-ring (bicyclic) bond motifs is 1. The number of aromatic nitrogens is 2. The quantitative estimate of drug-likeness (QED) is 0.851. The number of hydrogen-bond acceptors (Lipinski definition) is 5. The van der Waals surface area contributed by atoms with Crippen LogP contribution in [0.25, 0.3) is 0 Å². The minimum atomic E-state index is -0.205. The molecule has 1 aromatic carbocycles. The number of benzene rings is 1. The van der Waals surface area contributed by atoms with Crippen LogP contribution in [0.15, 0.2) is 29.8 Å². The molecule has 1 aliphatic heterocycles. The lowest BCUT2D eigenvalue weighted by Gasteiger charge is -2.24. The van der Waals surface area contributed by atoms with E-state index in [9.17, 15) is 4.79 Å². The number of nitrogens with one attached hydrogen (secondary N) is 2. The van der Waals surface area contributed by atoms with Crippen LogP contribution < -0.4 is 10.6 Å². The lowest BCUT2D eigenvalue weighted by Crippen LogP contribution is -2.44. The summed E-state index contributed by atoms with van der Waals surface area (Å²) in [7, 11) is 0. The summed E-state index contributed by atoms with van der Waals surface area (Å²) in [5.74, 6) is -0.0544. The molecule has 2 heterocycles. The molecule has 6 heteroatoms. The Hall–Kier alpha value is -1.79. The van der Waals surface area contributed by atoms with Gasteiger partial charge in [0.15, 0.2) is 0 Å². The Bertz CT molecular complexity index is 555. The molecular formula is C12H12N4OS. The van der Waals surface area contributed by atoms with Crippen LogP contribution in [0.4, 0.5) is 5.13 Å². The van der Waals surface area contributed by atoms with E-state index in [4.69, 9.17) is 0 Å². The van der Waals surface area contributed by atoms with Gasteiger partial charge in [-0.1, -0.05) is 35.6 Å². The zero-order valence-electron chi connectivity index (χ0n) is 9.59. The lowest BCUT2D eigenvalue weighted by atomic mass is 9.95. The molecule has 1 amide bonds. The van der Waals surface area contributed by atoms with E-state index in [-0.39, 0.29) is 11.9 Å². The van der Waals surface area contributed by atoms with E-state index < -0.39 is 0 Å². The van der Waals surface area contributed by atoms with Crippen molar-refractivity contribution in [2.24, 2.45) is 0 Å². The standard InChI is InChI=1S/C12H12N4OS/c17-11(15-12-16-14-7-18-12)10-5-8-3-1-2-4-9(8)6-13-10/h1-4,7,10,13H,5-6H2,(H,15,16,17)/t10-/m0/s1. The molecule has 2 N–H and O–H groups in total. The highest BCUT2D eigenvalue weighted by molar-refractivity contribution is 7.13. The monoisotopic (exact) mass is 260 g/mol. The first-order valence-electron chi connectivity index (χ1n) is 5.70. The minimum absolute atomic E-state index is 0.0544. The zero-order chi connectivity index (χ0) is 12.4. The molecule has 3 rings (SSSR count). The Labute approximate surface area is 108 Å². The van der Waals surface area contributed by atoms with Gasteiger partial charge in [-0.15, -0.1) is 10.2 Å². The topological polar surface area (TPSA) is 66.9 Å². The van der Waals surface area contributed by atoms with Gasteiger partial charge in [-0.05, 0) is 17.5 Å². The molecule has 2 aromatic rings. The largest absolute Gasteiger partial charge is 0.301 e. The molecular weight excluding hydrogens is 248 g/mol. The fourth-order valence-corrected chi connectivity index (χ4v) is 2.51. The molecule has 0 spiro atoms. The molecule has 92 valence electrons. The maximum Gasteiger partial charge on any atom is 0.243 e. The highest BCUT2D eigenvalue weighted by Crippen LogP contribution is 2.17. The molecule has 0 fully saturated rings. The first-order valence-corrected chi connectivity index (χ1v) is 6.58. The summed E-state index contributed by atoms with van der Waals surface area (Å²) in [6.45, 7) is 0.727. The number of carbonyl (C=O) groups is 1. The fourth-order valence-electron chi connectivity index (χ4n) is 2.06. The SMILES string of the molecule is O=C(Nc1nncs1)[C@@H]1Cc2ccccc2CN1. The van der Waals surface area contributed by atoms with Crippen LogP contribution in [-0.4, -0.2) is 22.1 Å². The Morgan fingerprint density at radius 1 is 1.39 bits per heavy atom. The van der Waals surface area contributed by atoms with Gasteiger partial charge in [0.25, 0.3) is 0 Å². The van der Waals surface area contributed by atoms with Gasteiger partial charge in [0.05, 0.1) is 6.04 Å². The maximum absolute atomic E-state index is 12.0. The highest BCUT2D eigenvalue weighted by atomic mass is 32.1. The van der Waals surface area contributed by atoms with Crippen molar-refractivity contribution < 1.29 is 4.79 Å². The van der Waals surface area contributed by atoms with Gasteiger partial charge >= 0.3 is 0 Å². The third-order valence-electron chi connectivity index (χ3n) is 2.99. The van der Waals surface area contributed by atoms with Crippen LogP contribution in [0.1, 0.15) is 11.1 Å². The molecule has 0 aliphatic carbocycles. The summed E-state index contributed by atoms with van der Waals surface area (Å²) in [4.78, 5) is 12.0. The summed E-state index contributed by atoms with van der Waals surface area (Å²) in [5, 5.41) is 14.0. The number of hydrogen-bond donors (Lipinski definition) is 2. The summed E-state index contributed by atoms with van der Waals surface area (Å²) >= 11 is 1.32. The molecule has 0 saturated carbocycles. The van der Waals surface area contributed by atoms with Crippen LogP contribution in [0.5, 0.6) is 0 Å². The molecule has 0 saturated heterocycles. The van der Waals surface area contributed by atoms with Crippen molar-refractivity contribution >= 4 is 22.4 Å². The van der Waals surface area contributed by atoms with E-state index >= 15 is 0 Å². The smallest absolute Gasteiger partial charge is 0.243 e. The van der Waals surface area contributed by atoms with E-state index in [2.05, 4.69) is 33.0 Å². The number of amides is 1. The summed E-state index contributed by atoms with van der Waals surface area (Å²) in [6.07, 6.45) is 0.709. The lowest BCUT2D eigenvalue weighted by molar-refractivity contribution is -0.118. The molecule has 1 aromatic heterocycles. The molecule has 5 nitrogen and oxygen atoms in total. The van der Waals surface area contributed by atoms with Gasteiger partial charge in [-0.2, -0.15) is 0 Å². The summed E-state index contributed by atoms with van der Waals surface area (Å²) in [6, 6.07) is 7.97. The normalized spacial score (nSPS) is 18.1. The van der Waals surface area contributed by atoms with E-state index in [1.807, 2.05) is 12.1 Å². The molecule has 1 aliphatic rings. The van der Waals surface area contributed by atoms with Gasteiger partial charge < -0.3 is 5.32 Å². The predicted octanol–water partition coefficient (Wildman–Crippen LogP) is 1.19. The summed E-state index contributed by atoms with van der Waals surface area (Å²) in [5.41, 5.74) is 4.09. The van der Waals surface area contributed by atoms with E-state index in [1.54, 1.807) is 5.51 Å². The van der Waals surface area contributed by atoms with Gasteiger partial charge in [-0.3, -0.25) is 10.1 Å². The Morgan fingerprint density at radius 3 is 3.00 bits per heavy atom. The molecule has 1 atom stereocenters. The van der Waals surface area contributed by atoms with Gasteiger partial charge in [-0.25, -0.2) is 0 Å². The van der Waals surface area contributed by atoms with Crippen molar-refractivity contribution in [2.45, 2.75) is 19.0 Å². The second-order valence-electron chi connectivity index (χ2n) is 4.14. The van der Waals surface area contributed by atoms with Crippen LogP contribution in [0, 0.1) is 0 Å². The van der Waals surface area contributed by atoms with Gasteiger partial charge in [0.2, 0.25) is 11.0 Å². The molecule has 18 heavy (non-hydrogen) atoms. The van der Waals surface area contributed by atoms with Crippen LogP contribution >= 0.6 is 11.3 Å². The number of carbonyl (C=O) groups excluding carboxylic acids is 1. The third-order valence-corrected chi connectivity index (χ3v) is 3.59. The Morgan fingerprint density at radius 2 is 2.22 bits per heavy atom. The first kappa shape index (κ1) is 11.3. The second kappa shape index (κ2) is 4.83. The molecule has 0 bridgehead atoms. The average molecular weight is 260 g/mol. The average Bonchev–Trinajstić information content (AvgIpc) is 2.91. The maximum atomic E-state index is 12.0. The number of anilines is 1. The van der Waals surface area contributed by atoms with Crippen LogP contribution in [-0.2, 0) is 17.8 Å². The van der Waals surface area contributed by atoms with E-state index in [1.165, 1.54) is 22.5 Å². The zero-order valence-corrected chi connectivity index (χ0v) is 10.4. The number of nitrogens with zero attached hydrogens (tertiary/aromatic N) is 2. The number of rotatable bonds is 2. The van der Waals surface area contributed by atoms with Crippen molar-refractivity contribution in [3.63, 3.8) is 0 Å². The van der Waals surface area contributed by atoms with E-state index in [0.717, 1.165) is 6.54 Å². The van der Waals surface area contributed by atoms with Crippen molar-refractivity contribution in [1.29, 1.82) is 0 Å². The summed E-state index contributed by atoms with van der Waals surface area (Å²) < 4.78 is 0. The Kier molecular flexibility index (Phi) is 3.04. The minimum Gasteiger partial charge on any atom is -0.301 e. The molecule has 0 unspecified atom stereocenters. The highest BCUT2D eigenvalue weighted by Gasteiger charge is 2.24. The fraction of sp³-hybridized carbons (Fsp3) is 0.250. The van der Waals surface area contributed by atoms with Gasteiger partial charge in [0.1, 0.15) is 5.51 Å². The van der Waals surface area contributed by atoms with Crippen molar-refractivity contribution in [1.82, 2.24) is 15.5 Å². The van der Waals surface area contributed by atoms with Crippen LogP contribution in [0.3, 0.4) is 0 Å². The van der Waals surface area contributed by atoms with Crippen LogP contribution in [0.2, 0.25) is 0 Å². The predicted molar refractivity (Wildman–Crippen MR) is 69.3 cm³/mol. The Balaban J connectivity index is 1.70. The second-order valence-corrected chi connectivity index (χ2v) is 4.97.